The fourth-order valence-corrected chi connectivity index (χ4v) is 2.52. The molecule has 0 unspecified atom stereocenters. The van der Waals surface area contributed by atoms with E-state index in [0.717, 1.165) is 11.6 Å². The van der Waals surface area contributed by atoms with Crippen LogP contribution >= 0.6 is 22.6 Å². The molecule has 7 heteroatoms. The van der Waals surface area contributed by atoms with Crippen LogP contribution in [0.5, 0.6) is 0 Å². The minimum Gasteiger partial charge on any atom is -0.444 e. The van der Waals surface area contributed by atoms with Crippen LogP contribution in [0.3, 0.4) is 0 Å². The quantitative estimate of drug-likeness (QED) is 0.704. The fourth-order valence-electron chi connectivity index (χ4n) is 1.70. The van der Waals surface area contributed by atoms with E-state index in [1.54, 1.807) is 34.7 Å². The molecule has 0 saturated carbocycles. The zero-order valence-electron chi connectivity index (χ0n) is 11.2. The van der Waals surface area contributed by atoms with Crippen molar-refractivity contribution >= 4 is 34.4 Å². The Bertz CT molecular complexity index is 660. The third-order valence-corrected chi connectivity index (χ3v) is 3.63. The number of rotatable bonds is 3. The Morgan fingerprint density at radius 1 is 1.14 bits per heavy atom. The summed E-state index contributed by atoms with van der Waals surface area (Å²) in [6.07, 6.45) is -5.14. The van der Waals surface area contributed by atoms with E-state index >= 15 is 0 Å². The molecule has 2 aromatic carbocycles. The molecule has 0 bridgehead atoms. The van der Waals surface area contributed by atoms with Gasteiger partial charge >= 0.3 is 12.3 Å². The molecule has 0 spiro atoms. The normalized spacial score (nSPS) is 11.1. The Morgan fingerprint density at radius 2 is 1.82 bits per heavy atom. The second-order valence-electron chi connectivity index (χ2n) is 4.38. The minimum absolute atomic E-state index is 0.00552. The molecule has 0 aliphatic heterocycles. The van der Waals surface area contributed by atoms with E-state index in [2.05, 4.69) is 5.32 Å². The van der Waals surface area contributed by atoms with Crippen LogP contribution in [-0.2, 0) is 17.5 Å². The maximum Gasteiger partial charge on any atom is 0.417 e. The first-order valence-electron chi connectivity index (χ1n) is 6.21. The van der Waals surface area contributed by atoms with Crippen LogP contribution in [0.1, 0.15) is 11.1 Å². The van der Waals surface area contributed by atoms with Crippen molar-refractivity contribution in [3.05, 3.63) is 63.2 Å². The van der Waals surface area contributed by atoms with Crippen LogP contribution in [0.4, 0.5) is 23.7 Å². The van der Waals surface area contributed by atoms with Crippen molar-refractivity contribution in [3.8, 4) is 0 Å². The number of nitrogens with one attached hydrogen (secondary N) is 1. The number of amides is 1. The van der Waals surface area contributed by atoms with Crippen LogP contribution < -0.4 is 5.32 Å². The van der Waals surface area contributed by atoms with Crippen molar-refractivity contribution in [1.82, 2.24) is 0 Å². The molecule has 0 saturated heterocycles. The first kappa shape index (κ1) is 16.6. The Kier molecular flexibility index (Phi) is 5.28. The predicted molar refractivity (Wildman–Crippen MR) is 84.4 cm³/mol. The Morgan fingerprint density at radius 3 is 2.41 bits per heavy atom. The monoisotopic (exact) mass is 421 g/mol. The molecule has 2 rings (SSSR count). The molecule has 0 heterocycles. The number of carbonyl (C=O) groups is 1. The zero-order valence-corrected chi connectivity index (χ0v) is 13.3. The second-order valence-corrected chi connectivity index (χ2v) is 5.54. The minimum atomic E-state index is -4.41. The highest BCUT2D eigenvalue weighted by atomic mass is 127. The Labute approximate surface area is 138 Å². The first-order chi connectivity index (χ1) is 10.4. The summed E-state index contributed by atoms with van der Waals surface area (Å²) in [7, 11) is 0. The predicted octanol–water partition coefficient (Wildman–Crippen LogP) is 5.06. The third kappa shape index (κ3) is 4.62. The standard InChI is InChI=1S/C15H11F3INO2/c16-15(17,18)12-7-6-11(8-13(12)19)20-14(21)22-9-10-4-2-1-3-5-10/h1-8H,9H2,(H,20,21). The Balaban J connectivity index is 1.96. The summed E-state index contributed by atoms with van der Waals surface area (Å²) >= 11 is 1.58. The van der Waals surface area contributed by atoms with Gasteiger partial charge in [-0.1, -0.05) is 30.3 Å². The summed E-state index contributed by atoms with van der Waals surface area (Å²) < 4.78 is 42.9. The van der Waals surface area contributed by atoms with E-state index in [1.807, 2.05) is 18.2 Å². The molecule has 116 valence electrons. The van der Waals surface area contributed by atoms with Crippen LogP contribution in [0.2, 0.25) is 0 Å². The van der Waals surface area contributed by atoms with Gasteiger partial charge in [-0.05, 0) is 46.4 Å². The maximum atomic E-state index is 12.6. The molecular weight excluding hydrogens is 410 g/mol. The first-order valence-corrected chi connectivity index (χ1v) is 7.28. The number of hydrogen-bond acceptors (Lipinski definition) is 2. The lowest BCUT2D eigenvalue weighted by atomic mass is 10.2. The lowest BCUT2D eigenvalue weighted by Gasteiger charge is -2.11. The molecule has 0 fully saturated rings. The highest BCUT2D eigenvalue weighted by molar-refractivity contribution is 14.1. The lowest BCUT2D eigenvalue weighted by molar-refractivity contribution is -0.138. The van der Waals surface area contributed by atoms with Crippen LogP contribution in [0, 0.1) is 3.57 Å². The van der Waals surface area contributed by atoms with Crippen LogP contribution in [0.25, 0.3) is 0 Å². The van der Waals surface area contributed by atoms with Gasteiger partial charge in [-0.2, -0.15) is 13.2 Å². The topological polar surface area (TPSA) is 38.3 Å². The summed E-state index contributed by atoms with van der Waals surface area (Å²) in [5.74, 6) is 0. The molecule has 0 radical (unpaired) electrons. The molecule has 0 aliphatic carbocycles. The van der Waals surface area contributed by atoms with Gasteiger partial charge in [0.15, 0.2) is 0 Å². The maximum absolute atomic E-state index is 12.6. The molecular formula is C15H11F3INO2. The van der Waals surface area contributed by atoms with Crippen molar-refractivity contribution < 1.29 is 22.7 Å². The van der Waals surface area contributed by atoms with Crippen LogP contribution in [-0.4, -0.2) is 6.09 Å². The molecule has 1 amide bonds. The van der Waals surface area contributed by atoms with E-state index in [4.69, 9.17) is 4.74 Å². The number of hydrogen-bond donors (Lipinski definition) is 1. The molecule has 22 heavy (non-hydrogen) atoms. The average molecular weight is 421 g/mol. The molecule has 0 aliphatic rings. The van der Waals surface area contributed by atoms with Crippen molar-refractivity contribution in [2.45, 2.75) is 12.8 Å². The van der Waals surface area contributed by atoms with Crippen molar-refractivity contribution in [2.75, 3.05) is 5.32 Å². The average Bonchev–Trinajstić information content (AvgIpc) is 2.45. The van der Waals surface area contributed by atoms with Crippen molar-refractivity contribution in [1.29, 1.82) is 0 Å². The summed E-state index contributed by atoms with van der Waals surface area (Å²) in [4.78, 5) is 11.6. The van der Waals surface area contributed by atoms with Gasteiger partial charge in [0.2, 0.25) is 0 Å². The number of ether oxygens (including phenoxy) is 1. The highest BCUT2D eigenvalue weighted by Gasteiger charge is 2.32. The summed E-state index contributed by atoms with van der Waals surface area (Å²) in [5.41, 5.74) is 0.325. The summed E-state index contributed by atoms with van der Waals surface area (Å²) in [6.45, 7) is 0.0877. The fraction of sp³-hybridized carbons (Fsp3) is 0.133. The van der Waals surface area contributed by atoms with Crippen molar-refractivity contribution in [3.63, 3.8) is 0 Å². The molecule has 2 aromatic rings. The van der Waals surface area contributed by atoms with E-state index in [0.29, 0.717) is 0 Å². The van der Waals surface area contributed by atoms with Gasteiger partial charge in [0, 0.05) is 9.26 Å². The third-order valence-electron chi connectivity index (χ3n) is 2.73. The number of benzene rings is 2. The molecule has 0 atom stereocenters. The van der Waals surface area contributed by atoms with Gasteiger partial charge in [0.1, 0.15) is 6.61 Å². The van der Waals surface area contributed by atoms with Crippen LogP contribution in [0.15, 0.2) is 48.5 Å². The van der Waals surface area contributed by atoms with Gasteiger partial charge in [-0.15, -0.1) is 0 Å². The SMILES string of the molecule is O=C(Nc1ccc(C(F)(F)F)c(I)c1)OCc1ccccc1. The van der Waals surface area contributed by atoms with E-state index < -0.39 is 17.8 Å². The summed E-state index contributed by atoms with van der Waals surface area (Å²) in [6, 6.07) is 12.4. The number of halogens is 4. The van der Waals surface area contributed by atoms with Gasteiger partial charge in [-0.25, -0.2) is 4.79 Å². The zero-order chi connectivity index (χ0) is 16.2. The molecule has 0 aromatic heterocycles. The summed E-state index contributed by atoms with van der Waals surface area (Å²) in [5, 5.41) is 2.40. The van der Waals surface area contributed by atoms with Gasteiger partial charge in [-0.3, -0.25) is 5.32 Å². The van der Waals surface area contributed by atoms with E-state index in [-0.39, 0.29) is 15.9 Å². The van der Waals surface area contributed by atoms with Crippen molar-refractivity contribution in [2.24, 2.45) is 0 Å². The molecule has 1 N–H and O–H groups in total. The Hall–Kier alpha value is -1.77. The number of alkyl halides is 3. The largest absolute Gasteiger partial charge is 0.444 e. The second kappa shape index (κ2) is 6.99. The molecule has 3 nitrogen and oxygen atoms in total. The number of carbonyl (C=O) groups excluding carboxylic acids is 1. The van der Waals surface area contributed by atoms with Gasteiger partial charge in [0.05, 0.1) is 5.56 Å². The van der Waals surface area contributed by atoms with E-state index in [1.165, 1.54) is 12.1 Å². The van der Waals surface area contributed by atoms with E-state index in [9.17, 15) is 18.0 Å². The smallest absolute Gasteiger partial charge is 0.417 e. The van der Waals surface area contributed by atoms with Gasteiger partial charge < -0.3 is 4.74 Å². The highest BCUT2D eigenvalue weighted by Crippen LogP contribution is 2.33. The van der Waals surface area contributed by atoms with Gasteiger partial charge in [0.25, 0.3) is 0 Å². The number of anilines is 1. The lowest BCUT2D eigenvalue weighted by Crippen LogP contribution is -2.14.